The predicted molar refractivity (Wildman–Crippen MR) is 109 cm³/mol. The van der Waals surface area contributed by atoms with Gasteiger partial charge in [0.1, 0.15) is 11.5 Å². The van der Waals surface area contributed by atoms with Gasteiger partial charge in [-0.3, -0.25) is 24.6 Å². The summed E-state index contributed by atoms with van der Waals surface area (Å²) in [6.45, 7) is 3.77. The van der Waals surface area contributed by atoms with Crippen LogP contribution >= 0.6 is 23.1 Å². The van der Waals surface area contributed by atoms with Gasteiger partial charge in [0.15, 0.2) is 4.34 Å². The number of rotatable bonds is 6. The fourth-order valence-corrected chi connectivity index (χ4v) is 4.75. The van der Waals surface area contributed by atoms with Crippen LogP contribution in [0, 0.1) is 13.8 Å². The van der Waals surface area contributed by atoms with E-state index in [1.165, 1.54) is 28.0 Å². The third kappa shape index (κ3) is 3.81. The van der Waals surface area contributed by atoms with Gasteiger partial charge in [0, 0.05) is 12.3 Å². The lowest BCUT2D eigenvalue weighted by atomic mass is 10.1. The minimum atomic E-state index is -0.307. The Bertz CT molecular complexity index is 1090. The Morgan fingerprint density at radius 3 is 2.48 bits per heavy atom. The SMILES string of the molecule is Cc1cc(C(=O)Nc2nnc(SCCN3C(=O)c4ccccc4C3=O)s2)c(C)o1. The van der Waals surface area contributed by atoms with Crippen LogP contribution < -0.4 is 5.32 Å². The zero-order valence-electron chi connectivity index (χ0n) is 15.6. The lowest BCUT2D eigenvalue weighted by Crippen LogP contribution is -2.31. The first-order valence-corrected chi connectivity index (χ1v) is 10.5. The van der Waals surface area contributed by atoms with Crippen LogP contribution in [-0.2, 0) is 0 Å². The van der Waals surface area contributed by atoms with Crippen LogP contribution in [0.2, 0.25) is 0 Å². The highest BCUT2D eigenvalue weighted by Gasteiger charge is 2.34. The Morgan fingerprint density at radius 2 is 1.86 bits per heavy atom. The number of hydrogen-bond donors (Lipinski definition) is 1. The molecular formula is C19H16N4O4S2. The van der Waals surface area contributed by atoms with E-state index >= 15 is 0 Å². The topological polar surface area (TPSA) is 105 Å². The third-order valence-corrected chi connectivity index (χ3v) is 6.28. The molecule has 0 spiro atoms. The zero-order chi connectivity index (χ0) is 20.5. The molecule has 3 aromatic rings. The molecule has 3 amide bonds. The predicted octanol–water partition coefficient (Wildman–Crippen LogP) is 3.39. The van der Waals surface area contributed by atoms with Gasteiger partial charge < -0.3 is 4.42 Å². The number of fused-ring (bicyclic) bond motifs is 1. The van der Waals surface area contributed by atoms with Gasteiger partial charge in [-0.2, -0.15) is 0 Å². The Morgan fingerprint density at radius 1 is 1.17 bits per heavy atom. The maximum absolute atomic E-state index is 12.4. The van der Waals surface area contributed by atoms with Crippen LogP contribution in [-0.4, -0.2) is 45.1 Å². The van der Waals surface area contributed by atoms with Gasteiger partial charge in [0.05, 0.1) is 16.7 Å². The second-order valence-corrected chi connectivity index (χ2v) is 8.63. The summed E-state index contributed by atoms with van der Waals surface area (Å²) in [7, 11) is 0. The number of benzene rings is 1. The fourth-order valence-electron chi connectivity index (χ4n) is 3.01. The van der Waals surface area contributed by atoms with Gasteiger partial charge >= 0.3 is 0 Å². The molecule has 29 heavy (non-hydrogen) atoms. The van der Waals surface area contributed by atoms with E-state index in [1.54, 1.807) is 44.2 Å². The van der Waals surface area contributed by atoms with Crippen molar-refractivity contribution in [2.75, 3.05) is 17.6 Å². The monoisotopic (exact) mass is 428 g/mol. The van der Waals surface area contributed by atoms with E-state index in [0.29, 0.717) is 43.4 Å². The fraction of sp³-hybridized carbons (Fsp3) is 0.211. The van der Waals surface area contributed by atoms with E-state index in [2.05, 4.69) is 15.5 Å². The summed E-state index contributed by atoms with van der Waals surface area (Å²) < 4.78 is 6.00. The first-order valence-electron chi connectivity index (χ1n) is 8.74. The first kappa shape index (κ1) is 19.3. The van der Waals surface area contributed by atoms with Crippen LogP contribution in [0.5, 0.6) is 0 Å². The summed E-state index contributed by atoms with van der Waals surface area (Å²) in [4.78, 5) is 38.3. The number of carbonyl (C=O) groups excluding carboxylic acids is 3. The Balaban J connectivity index is 1.32. The summed E-state index contributed by atoms with van der Waals surface area (Å²) >= 11 is 2.60. The second kappa shape index (κ2) is 7.80. The third-order valence-electron chi connectivity index (χ3n) is 4.33. The van der Waals surface area contributed by atoms with Gasteiger partial charge in [-0.25, -0.2) is 0 Å². The number of nitrogens with one attached hydrogen (secondary N) is 1. The van der Waals surface area contributed by atoms with Crippen molar-refractivity contribution in [2.24, 2.45) is 0 Å². The highest BCUT2D eigenvalue weighted by atomic mass is 32.2. The number of carbonyl (C=O) groups is 3. The summed E-state index contributed by atoms with van der Waals surface area (Å²) in [6, 6.07) is 8.47. The van der Waals surface area contributed by atoms with Crippen molar-refractivity contribution in [3.63, 3.8) is 0 Å². The molecule has 0 saturated carbocycles. The summed E-state index contributed by atoms with van der Waals surface area (Å²) in [5, 5.41) is 11.1. The minimum Gasteiger partial charge on any atom is -0.466 e. The molecular weight excluding hydrogens is 412 g/mol. The molecule has 0 bridgehead atoms. The Hall–Kier alpha value is -2.98. The van der Waals surface area contributed by atoms with Gasteiger partial charge in [0.25, 0.3) is 17.7 Å². The second-order valence-electron chi connectivity index (χ2n) is 6.31. The van der Waals surface area contributed by atoms with Crippen LogP contribution in [0.15, 0.2) is 39.1 Å². The van der Waals surface area contributed by atoms with Gasteiger partial charge in [-0.1, -0.05) is 35.2 Å². The standard InChI is InChI=1S/C19H16N4O4S2/c1-10-9-14(11(2)27-10)15(24)20-18-21-22-19(29-18)28-8-7-23-16(25)12-5-3-4-6-13(12)17(23)26/h3-6,9H,7-8H2,1-2H3,(H,20,21,24). The summed E-state index contributed by atoms with van der Waals surface area (Å²) in [6.07, 6.45) is 0. The number of thioether (sulfide) groups is 1. The maximum Gasteiger partial charge on any atom is 0.261 e. The summed E-state index contributed by atoms with van der Waals surface area (Å²) in [5.74, 6) is 0.825. The van der Waals surface area contributed by atoms with Crippen molar-refractivity contribution < 1.29 is 18.8 Å². The number of anilines is 1. The van der Waals surface area contributed by atoms with Crippen LogP contribution in [0.1, 0.15) is 42.6 Å². The van der Waals surface area contributed by atoms with E-state index < -0.39 is 0 Å². The van der Waals surface area contributed by atoms with Gasteiger partial charge in [-0.15, -0.1) is 10.2 Å². The molecule has 0 radical (unpaired) electrons. The molecule has 8 nitrogen and oxygen atoms in total. The van der Waals surface area contributed by atoms with Crippen molar-refractivity contribution in [2.45, 2.75) is 18.2 Å². The quantitative estimate of drug-likeness (QED) is 0.364. The average molecular weight is 428 g/mol. The van der Waals surface area contributed by atoms with Gasteiger partial charge in [0.2, 0.25) is 5.13 Å². The van der Waals surface area contributed by atoms with Crippen LogP contribution in [0.25, 0.3) is 0 Å². The molecule has 1 aromatic carbocycles. The number of imide groups is 1. The van der Waals surface area contributed by atoms with Crippen molar-refractivity contribution >= 4 is 46.0 Å². The van der Waals surface area contributed by atoms with Crippen molar-refractivity contribution in [3.8, 4) is 0 Å². The Labute approximate surface area is 174 Å². The largest absolute Gasteiger partial charge is 0.466 e. The van der Waals surface area contributed by atoms with Crippen molar-refractivity contribution in [1.82, 2.24) is 15.1 Å². The van der Waals surface area contributed by atoms with Crippen LogP contribution in [0.4, 0.5) is 5.13 Å². The lowest BCUT2D eigenvalue weighted by Gasteiger charge is -2.12. The van der Waals surface area contributed by atoms with E-state index in [0.717, 1.165) is 0 Å². The highest BCUT2D eigenvalue weighted by molar-refractivity contribution is 8.01. The van der Waals surface area contributed by atoms with Crippen molar-refractivity contribution in [3.05, 3.63) is 58.5 Å². The number of aromatic nitrogens is 2. The Kier molecular flexibility index (Phi) is 5.20. The van der Waals surface area contributed by atoms with E-state index in [9.17, 15) is 14.4 Å². The molecule has 0 saturated heterocycles. The molecule has 1 N–H and O–H groups in total. The normalized spacial score (nSPS) is 13.1. The zero-order valence-corrected chi connectivity index (χ0v) is 17.2. The van der Waals surface area contributed by atoms with E-state index in [-0.39, 0.29) is 24.3 Å². The van der Waals surface area contributed by atoms with Crippen LogP contribution in [0.3, 0.4) is 0 Å². The maximum atomic E-state index is 12.4. The molecule has 148 valence electrons. The average Bonchev–Trinajstić information content (AvgIpc) is 3.35. The number of aryl methyl sites for hydroxylation is 2. The van der Waals surface area contributed by atoms with E-state index in [4.69, 9.17) is 4.42 Å². The molecule has 0 aliphatic carbocycles. The molecule has 1 aliphatic rings. The smallest absolute Gasteiger partial charge is 0.261 e. The number of nitrogens with zero attached hydrogens (tertiary/aromatic N) is 3. The number of amides is 3. The highest BCUT2D eigenvalue weighted by Crippen LogP contribution is 2.28. The lowest BCUT2D eigenvalue weighted by molar-refractivity contribution is 0.0664. The number of furan rings is 1. The summed E-state index contributed by atoms with van der Waals surface area (Å²) in [5.41, 5.74) is 1.33. The minimum absolute atomic E-state index is 0.270. The molecule has 1 aliphatic heterocycles. The number of hydrogen-bond acceptors (Lipinski definition) is 8. The van der Waals surface area contributed by atoms with E-state index in [1.807, 2.05) is 0 Å². The molecule has 3 heterocycles. The molecule has 0 unspecified atom stereocenters. The van der Waals surface area contributed by atoms with Gasteiger partial charge in [-0.05, 0) is 32.0 Å². The molecule has 0 atom stereocenters. The first-order chi connectivity index (χ1) is 13.9. The molecule has 10 heteroatoms. The molecule has 0 fully saturated rings. The molecule has 2 aromatic heterocycles. The van der Waals surface area contributed by atoms with Crippen molar-refractivity contribution in [1.29, 1.82) is 0 Å². The molecule has 4 rings (SSSR count).